The molecule has 0 saturated heterocycles. The zero-order valence-electron chi connectivity index (χ0n) is 6.26. The van der Waals surface area contributed by atoms with Gasteiger partial charge in [0.05, 0.1) is 0 Å². The lowest BCUT2D eigenvalue weighted by Crippen LogP contribution is -2.17. The predicted molar refractivity (Wildman–Crippen MR) is 41.2 cm³/mol. The van der Waals surface area contributed by atoms with Gasteiger partial charge in [0.25, 0.3) is 0 Å². The number of amides is 1. The molecular weight excluding hydrogens is 148 g/mol. The molecule has 11 heavy (non-hydrogen) atoms. The Morgan fingerprint density at radius 2 is 2.18 bits per heavy atom. The second-order valence-electron chi connectivity index (χ2n) is 1.64. The summed E-state index contributed by atoms with van der Waals surface area (Å²) in [5.74, 6) is 0.389. The van der Waals surface area contributed by atoms with Gasteiger partial charge in [-0.3, -0.25) is 9.80 Å². The number of carbonyl (C=O) groups is 1. The van der Waals surface area contributed by atoms with Crippen LogP contribution < -0.4 is 0 Å². The number of hydrazone groups is 1. The van der Waals surface area contributed by atoms with Gasteiger partial charge >= 0.3 is 0 Å². The quantitative estimate of drug-likeness (QED) is 0.192. The first kappa shape index (κ1) is 9.41. The second kappa shape index (κ2) is 5.21. The third kappa shape index (κ3) is 3.90. The summed E-state index contributed by atoms with van der Waals surface area (Å²) in [5.41, 5.74) is 0. The van der Waals surface area contributed by atoms with Crippen LogP contribution in [0, 0.1) is 4.91 Å². The fourth-order valence-electron chi connectivity index (χ4n) is 0.342. The van der Waals surface area contributed by atoms with E-state index in [-0.39, 0.29) is 0 Å². The molecule has 0 aliphatic rings. The van der Waals surface area contributed by atoms with Gasteiger partial charge in [0, 0.05) is 7.05 Å². The van der Waals surface area contributed by atoms with Crippen LogP contribution in [0.1, 0.15) is 6.92 Å². The summed E-state index contributed by atoms with van der Waals surface area (Å²) in [6.07, 6.45) is 1.22. The lowest BCUT2D eigenvalue weighted by atomic mass is 10.6. The molecule has 0 saturated carbocycles. The molecule has 0 aliphatic heterocycles. The summed E-state index contributed by atoms with van der Waals surface area (Å²) < 4.78 is 0. The van der Waals surface area contributed by atoms with Crippen LogP contribution in [0.3, 0.4) is 0 Å². The number of aliphatic imine (C=N–C) groups is 1. The first-order chi connectivity index (χ1) is 5.22. The van der Waals surface area contributed by atoms with Crippen LogP contribution in [0.5, 0.6) is 0 Å². The summed E-state index contributed by atoms with van der Waals surface area (Å²) in [6, 6.07) is 0. The molecule has 1 amide bonds. The molecule has 6 nitrogen and oxygen atoms in total. The van der Waals surface area contributed by atoms with Gasteiger partial charge in [0.1, 0.15) is 5.84 Å². The van der Waals surface area contributed by atoms with Gasteiger partial charge in [-0.15, -0.1) is 4.91 Å². The number of hydrogen-bond donors (Lipinski definition) is 0. The molecule has 0 aromatic heterocycles. The van der Waals surface area contributed by atoms with Gasteiger partial charge in [0.15, 0.2) is 6.34 Å². The van der Waals surface area contributed by atoms with Crippen molar-refractivity contribution in [1.29, 1.82) is 0 Å². The average molecular weight is 156 g/mol. The fraction of sp³-hybridized carbons (Fsp3) is 0.400. The molecular formula is C5H8N4O2. The smallest absolute Gasteiger partial charge is 0.234 e. The number of carbonyl (C=O) groups excluding carboxylic acids is 1. The van der Waals surface area contributed by atoms with Crippen molar-refractivity contribution in [3.05, 3.63) is 4.91 Å². The molecule has 0 heterocycles. The van der Waals surface area contributed by atoms with E-state index in [4.69, 9.17) is 0 Å². The van der Waals surface area contributed by atoms with Gasteiger partial charge < -0.3 is 0 Å². The number of amidine groups is 1. The Balaban J connectivity index is 4.11. The summed E-state index contributed by atoms with van der Waals surface area (Å²) in [7, 11) is 1.55. The monoisotopic (exact) mass is 156 g/mol. The van der Waals surface area contributed by atoms with Crippen LogP contribution >= 0.6 is 0 Å². The highest BCUT2D eigenvalue weighted by Gasteiger charge is 1.94. The molecule has 0 radical (unpaired) electrons. The number of nitrogens with zero attached hydrogens (tertiary/aromatic N) is 4. The third-order valence-corrected chi connectivity index (χ3v) is 0.980. The van der Waals surface area contributed by atoms with Crippen molar-refractivity contribution < 1.29 is 4.79 Å². The molecule has 0 aromatic rings. The number of nitroso groups, excluding NO2 is 1. The molecule has 0 spiro atoms. The SMILES string of the molecule is C/C(=N/C=O)N(C)/N=C/N=O. The zero-order valence-corrected chi connectivity index (χ0v) is 6.26. The normalized spacial score (nSPS) is 11.6. The first-order valence-corrected chi connectivity index (χ1v) is 2.79. The maximum Gasteiger partial charge on any atom is 0.234 e. The molecule has 0 aliphatic carbocycles. The third-order valence-electron chi connectivity index (χ3n) is 0.980. The summed E-state index contributed by atoms with van der Waals surface area (Å²) in [4.78, 5) is 22.8. The Kier molecular flexibility index (Phi) is 4.46. The van der Waals surface area contributed by atoms with Crippen LogP contribution in [0.2, 0.25) is 0 Å². The Hall–Kier alpha value is -1.59. The minimum atomic E-state index is 0.389. The van der Waals surface area contributed by atoms with Gasteiger partial charge in [-0.05, 0) is 12.1 Å². The average Bonchev–Trinajstić information content (AvgIpc) is 2.00. The van der Waals surface area contributed by atoms with E-state index in [9.17, 15) is 9.70 Å². The largest absolute Gasteiger partial charge is 0.276 e. The van der Waals surface area contributed by atoms with Gasteiger partial charge in [-0.1, -0.05) is 0 Å². The van der Waals surface area contributed by atoms with Crippen molar-refractivity contribution in [2.75, 3.05) is 7.05 Å². The predicted octanol–water partition coefficient (Wildman–Crippen LogP) is 0.203. The topological polar surface area (TPSA) is 74.5 Å². The molecule has 60 valence electrons. The maximum atomic E-state index is 9.84. The van der Waals surface area contributed by atoms with Crippen molar-refractivity contribution in [2.45, 2.75) is 6.92 Å². The Morgan fingerprint density at radius 3 is 2.64 bits per heavy atom. The molecule has 0 unspecified atom stereocenters. The van der Waals surface area contributed by atoms with Crippen LogP contribution in [-0.2, 0) is 4.79 Å². The molecule has 0 bridgehead atoms. The Morgan fingerprint density at radius 1 is 1.55 bits per heavy atom. The van der Waals surface area contributed by atoms with Crippen molar-refractivity contribution in [3.63, 3.8) is 0 Å². The number of hydrogen-bond acceptors (Lipinski definition) is 3. The molecule has 0 N–H and O–H groups in total. The van der Waals surface area contributed by atoms with Crippen molar-refractivity contribution in [2.24, 2.45) is 15.3 Å². The standard InChI is InChI=1S/C5H8N4O2/c1-5(6-4-10)9(2)7-3-8-11/h3-4H,1-2H3/b6-5-,7-3+. The van der Waals surface area contributed by atoms with E-state index in [0.717, 1.165) is 6.34 Å². The van der Waals surface area contributed by atoms with Crippen LogP contribution in [0.25, 0.3) is 0 Å². The minimum absolute atomic E-state index is 0.389. The van der Waals surface area contributed by atoms with E-state index in [0.29, 0.717) is 12.2 Å². The van der Waals surface area contributed by atoms with Crippen molar-refractivity contribution >= 4 is 18.6 Å². The maximum absolute atomic E-state index is 9.84. The fourth-order valence-corrected chi connectivity index (χ4v) is 0.342. The second-order valence-corrected chi connectivity index (χ2v) is 1.64. The highest BCUT2D eigenvalue weighted by Crippen LogP contribution is 1.85. The molecule has 0 aromatic carbocycles. The van der Waals surface area contributed by atoms with Crippen LogP contribution in [0.4, 0.5) is 0 Å². The Bertz CT molecular complexity index is 199. The number of rotatable bonds is 3. The lowest BCUT2D eigenvalue weighted by Gasteiger charge is -2.08. The van der Waals surface area contributed by atoms with E-state index < -0.39 is 0 Å². The first-order valence-electron chi connectivity index (χ1n) is 2.79. The van der Waals surface area contributed by atoms with Gasteiger partial charge in [0.2, 0.25) is 6.41 Å². The Labute approximate surface area is 63.6 Å². The molecule has 0 rings (SSSR count). The van der Waals surface area contributed by atoms with Crippen LogP contribution in [-0.4, -0.2) is 30.6 Å². The van der Waals surface area contributed by atoms with E-state index in [1.165, 1.54) is 5.01 Å². The van der Waals surface area contributed by atoms with Crippen LogP contribution in [0.15, 0.2) is 15.3 Å². The van der Waals surface area contributed by atoms with Crippen molar-refractivity contribution in [3.8, 4) is 0 Å². The van der Waals surface area contributed by atoms with E-state index in [1.807, 2.05) is 0 Å². The molecule has 0 fully saturated rings. The lowest BCUT2D eigenvalue weighted by molar-refractivity contribution is -0.106. The van der Waals surface area contributed by atoms with Crippen molar-refractivity contribution in [1.82, 2.24) is 5.01 Å². The highest BCUT2D eigenvalue weighted by molar-refractivity contribution is 5.85. The summed E-state index contributed by atoms with van der Waals surface area (Å²) in [6.45, 7) is 1.58. The van der Waals surface area contributed by atoms with E-state index in [1.54, 1.807) is 14.0 Å². The molecule has 6 heteroatoms. The minimum Gasteiger partial charge on any atom is -0.276 e. The van der Waals surface area contributed by atoms with Gasteiger partial charge in [-0.2, -0.15) is 5.10 Å². The summed E-state index contributed by atoms with van der Waals surface area (Å²) in [5, 5.41) is 7.15. The summed E-state index contributed by atoms with van der Waals surface area (Å²) >= 11 is 0. The molecule has 0 atom stereocenters. The zero-order chi connectivity index (χ0) is 8.69. The van der Waals surface area contributed by atoms with E-state index >= 15 is 0 Å². The van der Waals surface area contributed by atoms with E-state index in [2.05, 4.69) is 15.3 Å². The highest BCUT2D eigenvalue weighted by atomic mass is 16.3. The van der Waals surface area contributed by atoms with Gasteiger partial charge in [-0.25, -0.2) is 4.99 Å².